The van der Waals surface area contributed by atoms with E-state index in [9.17, 15) is 9.59 Å². The van der Waals surface area contributed by atoms with E-state index in [0.29, 0.717) is 12.5 Å². The predicted octanol–water partition coefficient (Wildman–Crippen LogP) is 0.867. The van der Waals surface area contributed by atoms with Crippen molar-refractivity contribution < 1.29 is 14.7 Å². The third-order valence-corrected chi connectivity index (χ3v) is 5.17. The first-order valence-corrected chi connectivity index (χ1v) is 9.13. The molecule has 120 valence electrons. The number of hydrogen-bond donors (Lipinski definition) is 2. The van der Waals surface area contributed by atoms with E-state index in [0.717, 1.165) is 56.7 Å². The van der Waals surface area contributed by atoms with E-state index >= 15 is 0 Å². The van der Waals surface area contributed by atoms with E-state index in [-0.39, 0.29) is 24.3 Å². The Balaban J connectivity index is 1.56. The van der Waals surface area contributed by atoms with Crippen molar-refractivity contribution in [2.45, 2.75) is 32.1 Å². The number of likely N-dealkylation sites (tertiary alicyclic amines) is 1. The molecule has 1 saturated heterocycles. The molecule has 0 aromatic rings. The summed E-state index contributed by atoms with van der Waals surface area (Å²) in [6.07, 6.45) is 4.50. The summed E-state index contributed by atoms with van der Waals surface area (Å²) >= 11 is 1.75. The van der Waals surface area contributed by atoms with Crippen LogP contribution in [0.2, 0.25) is 0 Å². The Bertz CT molecular complexity index is 353. The summed E-state index contributed by atoms with van der Waals surface area (Å²) in [6.45, 7) is 2.39. The fraction of sp³-hybridized carbons (Fsp3) is 0.867. The number of amides is 2. The highest BCUT2D eigenvalue weighted by Crippen LogP contribution is 2.32. The van der Waals surface area contributed by atoms with Crippen molar-refractivity contribution >= 4 is 23.6 Å². The van der Waals surface area contributed by atoms with Crippen LogP contribution in [0.3, 0.4) is 0 Å². The number of hydrogen-bond acceptors (Lipinski definition) is 4. The number of aliphatic hydroxyl groups is 1. The molecule has 0 radical (unpaired) electrons. The fourth-order valence-corrected chi connectivity index (χ4v) is 3.39. The molecule has 1 aliphatic heterocycles. The minimum Gasteiger partial charge on any atom is -0.396 e. The Morgan fingerprint density at radius 2 is 1.81 bits per heavy atom. The van der Waals surface area contributed by atoms with Gasteiger partial charge in [0.25, 0.3) is 0 Å². The number of nitrogens with zero attached hydrogens (tertiary/aromatic N) is 1. The van der Waals surface area contributed by atoms with E-state index < -0.39 is 0 Å². The molecule has 5 nitrogen and oxygen atoms in total. The number of nitrogens with one attached hydrogen (secondary N) is 1. The Hall–Kier alpha value is -0.750. The van der Waals surface area contributed by atoms with Gasteiger partial charge in [0.05, 0.1) is 0 Å². The smallest absolute Gasteiger partial charge is 0.225 e. The van der Waals surface area contributed by atoms with Gasteiger partial charge in [-0.2, -0.15) is 11.8 Å². The molecule has 0 unspecified atom stereocenters. The molecule has 0 spiro atoms. The van der Waals surface area contributed by atoms with Crippen molar-refractivity contribution in [1.82, 2.24) is 10.2 Å². The Morgan fingerprint density at radius 1 is 1.10 bits per heavy atom. The van der Waals surface area contributed by atoms with Crippen molar-refractivity contribution in [1.29, 1.82) is 0 Å². The summed E-state index contributed by atoms with van der Waals surface area (Å²) in [5.41, 5.74) is 0. The largest absolute Gasteiger partial charge is 0.396 e. The second kappa shape index (κ2) is 8.63. The molecule has 6 heteroatoms. The Kier molecular flexibility index (Phi) is 6.83. The van der Waals surface area contributed by atoms with Gasteiger partial charge in [-0.05, 0) is 37.9 Å². The van der Waals surface area contributed by atoms with Crippen molar-refractivity contribution in [2.75, 3.05) is 37.7 Å². The lowest BCUT2D eigenvalue weighted by Crippen LogP contribution is -2.43. The summed E-state index contributed by atoms with van der Waals surface area (Å²) in [6, 6.07) is 0. The Labute approximate surface area is 130 Å². The average molecular weight is 314 g/mol. The fourth-order valence-electron chi connectivity index (χ4n) is 2.61. The quantitative estimate of drug-likeness (QED) is 0.652. The van der Waals surface area contributed by atoms with Crippen LogP contribution in [0.25, 0.3) is 0 Å². The zero-order valence-corrected chi connectivity index (χ0v) is 13.4. The highest BCUT2D eigenvalue weighted by atomic mass is 32.2. The molecule has 0 aromatic carbocycles. The van der Waals surface area contributed by atoms with Gasteiger partial charge < -0.3 is 15.3 Å². The molecule has 2 N–H and O–H groups in total. The normalized spacial score (nSPS) is 19.6. The molecular formula is C15H26N2O3S. The first-order chi connectivity index (χ1) is 10.2. The van der Waals surface area contributed by atoms with Gasteiger partial charge in [-0.1, -0.05) is 0 Å². The van der Waals surface area contributed by atoms with Crippen LogP contribution < -0.4 is 5.32 Å². The van der Waals surface area contributed by atoms with Gasteiger partial charge in [0.1, 0.15) is 0 Å². The number of aliphatic hydroxyl groups excluding tert-OH is 1. The summed E-state index contributed by atoms with van der Waals surface area (Å²) in [7, 11) is 0. The third-order valence-electron chi connectivity index (χ3n) is 4.10. The summed E-state index contributed by atoms with van der Waals surface area (Å²) < 4.78 is 0. The van der Waals surface area contributed by atoms with Crippen LogP contribution in [-0.2, 0) is 9.59 Å². The van der Waals surface area contributed by atoms with Gasteiger partial charge in [0, 0.05) is 43.8 Å². The summed E-state index contributed by atoms with van der Waals surface area (Å²) in [5.74, 6) is 2.62. The van der Waals surface area contributed by atoms with Gasteiger partial charge in [-0.15, -0.1) is 0 Å². The molecule has 0 bridgehead atoms. The van der Waals surface area contributed by atoms with Crippen LogP contribution in [0, 0.1) is 11.8 Å². The summed E-state index contributed by atoms with van der Waals surface area (Å²) in [4.78, 5) is 25.9. The molecule has 2 rings (SSSR count). The lowest BCUT2D eigenvalue weighted by molar-refractivity contribution is -0.136. The zero-order valence-electron chi connectivity index (χ0n) is 12.6. The van der Waals surface area contributed by atoms with Gasteiger partial charge in [-0.3, -0.25) is 9.59 Å². The number of rotatable bonds is 8. The van der Waals surface area contributed by atoms with Crippen LogP contribution in [-0.4, -0.2) is 59.6 Å². The number of thioether (sulfide) groups is 1. The van der Waals surface area contributed by atoms with Gasteiger partial charge in [0.2, 0.25) is 11.8 Å². The predicted molar refractivity (Wildman–Crippen MR) is 84.1 cm³/mol. The Morgan fingerprint density at radius 3 is 2.43 bits per heavy atom. The highest BCUT2D eigenvalue weighted by molar-refractivity contribution is 7.99. The van der Waals surface area contributed by atoms with Crippen LogP contribution in [0.15, 0.2) is 0 Å². The van der Waals surface area contributed by atoms with E-state index in [1.54, 1.807) is 11.8 Å². The van der Waals surface area contributed by atoms with Crippen molar-refractivity contribution in [2.24, 2.45) is 11.8 Å². The van der Waals surface area contributed by atoms with Crippen LogP contribution in [0.4, 0.5) is 0 Å². The maximum absolute atomic E-state index is 12.0. The van der Waals surface area contributed by atoms with E-state index in [4.69, 9.17) is 5.11 Å². The average Bonchev–Trinajstić information content (AvgIpc) is 3.35. The highest BCUT2D eigenvalue weighted by Gasteiger charge is 2.35. The first-order valence-electron chi connectivity index (χ1n) is 7.97. The second-order valence-electron chi connectivity index (χ2n) is 5.85. The monoisotopic (exact) mass is 314 g/mol. The minimum atomic E-state index is 0.0655. The van der Waals surface area contributed by atoms with Crippen LogP contribution in [0.5, 0.6) is 0 Å². The van der Waals surface area contributed by atoms with Crippen molar-refractivity contribution in [3.8, 4) is 0 Å². The SMILES string of the molecule is O=C(NCCSCCCO)C1CCN(C(=O)C2CC2)CC1. The molecular weight excluding hydrogens is 288 g/mol. The molecule has 0 atom stereocenters. The lowest BCUT2D eigenvalue weighted by Gasteiger charge is -2.31. The summed E-state index contributed by atoms with van der Waals surface area (Å²) in [5, 5.41) is 11.7. The third kappa shape index (κ3) is 5.51. The van der Waals surface area contributed by atoms with E-state index in [1.807, 2.05) is 4.90 Å². The number of carbonyl (C=O) groups is 2. The van der Waals surface area contributed by atoms with Crippen molar-refractivity contribution in [3.05, 3.63) is 0 Å². The molecule has 2 aliphatic rings. The topological polar surface area (TPSA) is 69.6 Å². The van der Waals surface area contributed by atoms with Crippen LogP contribution in [0.1, 0.15) is 32.1 Å². The van der Waals surface area contributed by atoms with Gasteiger partial charge in [0.15, 0.2) is 0 Å². The molecule has 2 fully saturated rings. The van der Waals surface area contributed by atoms with E-state index in [2.05, 4.69) is 5.32 Å². The number of piperidine rings is 1. The van der Waals surface area contributed by atoms with Crippen LogP contribution >= 0.6 is 11.8 Å². The maximum Gasteiger partial charge on any atom is 0.225 e. The molecule has 1 saturated carbocycles. The first kappa shape index (κ1) is 16.6. The molecule has 1 aliphatic carbocycles. The maximum atomic E-state index is 12.0. The van der Waals surface area contributed by atoms with Crippen molar-refractivity contribution in [3.63, 3.8) is 0 Å². The lowest BCUT2D eigenvalue weighted by atomic mass is 9.95. The molecule has 0 aromatic heterocycles. The molecule has 21 heavy (non-hydrogen) atoms. The molecule has 1 heterocycles. The van der Waals surface area contributed by atoms with E-state index in [1.165, 1.54) is 0 Å². The molecule has 2 amide bonds. The minimum absolute atomic E-state index is 0.0655. The van der Waals surface area contributed by atoms with Gasteiger partial charge in [-0.25, -0.2) is 0 Å². The second-order valence-corrected chi connectivity index (χ2v) is 7.08. The van der Waals surface area contributed by atoms with Gasteiger partial charge >= 0.3 is 0 Å². The standard InChI is InChI=1S/C15H26N2O3S/c18-9-1-10-21-11-6-16-14(19)12-4-7-17(8-5-12)15(20)13-2-3-13/h12-13,18H,1-11H2,(H,16,19). The number of carbonyl (C=O) groups excluding carboxylic acids is 2. The zero-order chi connectivity index (χ0) is 15.1.